The Morgan fingerprint density at radius 1 is 0.938 bits per heavy atom. The van der Waals surface area contributed by atoms with E-state index in [0.29, 0.717) is 13.1 Å². The number of benzene rings is 1. The number of hydrogen-bond acceptors (Lipinski definition) is 7. The van der Waals surface area contributed by atoms with E-state index in [0.717, 1.165) is 75.3 Å². The second kappa shape index (κ2) is 8.94. The molecule has 4 heterocycles. The summed E-state index contributed by atoms with van der Waals surface area (Å²) in [6.45, 7) is 8.95. The van der Waals surface area contributed by atoms with Crippen molar-refractivity contribution in [1.82, 2.24) is 19.8 Å². The van der Waals surface area contributed by atoms with Crippen molar-refractivity contribution in [3.63, 3.8) is 0 Å². The van der Waals surface area contributed by atoms with Gasteiger partial charge in [-0.2, -0.15) is 0 Å². The van der Waals surface area contributed by atoms with Crippen LogP contribution in [0.1, 0.15) is 17.8 Å². The minimum atomic E-state index is -0.374. The van der Waals surface area contributed by atoms with Crippen LogP contribution < -0.4 is 14.5 Å². The minimum Gasteiger partial charge on any atom is -0.480 e. The highest BCUT2D eigenvalue weighted by molar-refractivity contribution is 5.82. The molecule has 3 aliphatic heterocycles. The highest BCUT2D eigenvalue weighted by Gasteiger charge is 2.32. The van der Waals surface area contributed by atoms with E-state index in [2.05, 4.69) is 38.9 Å². The number of carbonyl (C=O) groups excluding carboxylic acids is 1. The Morgan fingerprint density at radius 3 is 2.25 bits per heavy atom. The predicted octanol–water partition coefficient (Wildman–Crippen LogP) is 1.58. The number of likely N-dealkylation sites (N-methyl/N-ethyl adjacent to an activating group) is 1. The molecule has 2 aromatic rings. The second-order valence-electron chi connectivity index (χ2n) is 8.99. The van der Waals surface area contributed by atoms with Crippen molar-refractivity contribution in [2.24, 2.45) is 0 Å². The second-order valence-corrected chi connectivity index (χ2v) is 8.99. The summed E-state index contributed by atoms with van der Waals surface area (Å²) in [6.07, 6.45) is 1.26. The van der Waals surface area contributed by atoms with E-state index in [1.54, 1.807) is 0 Å². The summed E-state index contributed by atoms with van der Waals surface area (Å²) in [6, 6.07) is 10.1. The first kappa shape index (κ1) is 21.0. The van der Waals surface area contributed by atoms with Crippen LogP contribution >= 0.6 is 0 Å². The van der Waals surface area contributed by atoms with Gasteiger partial charge in [0.1, 0.15) is 23.2 Å². The van der Waals surface area contributed by atoms with Crippen molar-refractivity contribution < 1.29 is 9.53 Å². The third-order valence-electron chi connectivity index (χ3n) is 6.75. The molecule has 1 aromatic heterocycles. The normalized spacial score (nSPS) is 21.8. The van der Waals surface area contributed by atoms with Crippen LogP contribution in [0.3, 0.4) is 0 Å². The van der Waals surface area contributed by atoms with E-state index in [-0.39, 0.29) is 12.0 Å². The lowest BCUT2D eigenvalue weighted by Gasteiger charge is -2.38. The Bertz CT molecular complexity index is 967. The summed E-state index contributed by atoms with van der Waals surface area (Å²) in [5.74, 6) is 3.72. The van der Waals surface area contributed by atoms with Gasteiger partial charge in [-0.15, -0.1) is 0 Å². The number of amides is 1. The van der Waals surface area contributed by atoms with Crippen LogP contribution in [0.25, 0.3) is 0 Å². The van der Waals surface area contributed by atoms with Crippen LogP contribution in [0.5, 0.6) is 5.75 Å². The van der Waals surface area contributed by atoms with Crippen molar-refractivity contribution in [2.75, 3.05) is 69.2 Å². The van der Waals surface area contributed by atoms with E-state index >= 15 is 0 Å². The highest BCUT2D eigenvalue weighted by atomic mass is 16.5. The lowest BCUT2D eigenvalue weighted by atomic mass is 10.0. The number of fused-ring (bicyclic) bond motifs is 1. The number of carbonyl (C=O) groups is 1. The number of hydrogen-bond donors (Lipinski definition) is 0. The molecule has 32 heavy (non-hydrogen) atoms. The predicted molar refractivity (Wildman–Crippen MR) is 124 cm³/mol. The van der Waals surface area contributed by atoms with Crippen molar-refractivity contribution in [2.45, 2.75) is 25.9 Å². The van der Waals surface area contributed by atoms with Crippen LogP contribution in [0.15, 0.2) is 30.3 Å². The van der Waals surface area contributed by atoms with Crippen LogP contribution in [0, 0.1) is 6.92 Å². The van der Waals surface area contributed by atoms with Gasteiger partial charge in [0, 0.05) is 58.4 Å². The number of ether oxygens (including phenoxy) is 1. The smallest absolute Gasteiger partial charge is 0.263 e. The molecule has 0 N–H and O–H groups in total. The van der Waals surface area contributed by atoms with Gasteiger partial charge in [0.05, 0.1) is 0 Å². The number of piperazine rings is 2. The Labute approximate surface area is 189 Å². The zero-order valence-electron chi connectivity index (χ0n) is 19.0. The van der Waals surface area contributed by atoms with E-state index in [1.807, 2.05) is 30.0 Å². The standard InChI is InChI=1S/C24H32N6O2/c1-18-25-22(28-11-9-27(2)10-12-28)17-23(26-18)29-13-15-30(16-14-29)24(31)21-8-7-19-5-3-4-6-20(19)32-21/h3-6,17,21H,7-16H2,1-2H3. The van der Waals surface area contributed by atoms with E-state index in [9.17, 15) is 4.79 Å². The molecular weight excluding hydrogens is 404 g/mol. The number of nitrogens with zero attached hydrogens (tertiary/aromatic N) is 6. The molecule has 170 valence electrons. The summed E-state index contributed by atoms with van der Waals surface area (Å²) < 4.78 is 6.03. The first-order valence-corrected chi connectivity index (χ1v) is 11.6. The first-order valence-electron chi connectivity index (χ1n) is 11.6. The summed E-state index contributed by atoms with van der Waals surface area (Å²) in [7, 11) is 2.16. The van der Waals surface area contributed by atoms with Crippen molar-refractivity contribution in [1.29, 1.82) is 0 Å². The topological polar surface area (TPSA) is 65.0 Å². The molecule has 1 atom stereocenters. The summed E-state index contributed by atoms with van der Waals surface area (Å²) >= 11 is 0. The Kier molecular flexibility index (Phi) is 5.87. The number of rotatable bonds is 3. The van der Waals surface area contributed by atoms with Gasteiger partial charge in [0.2, 0.25) is 0 Å². The molecule has 0 aliphatic carbocycles. The summed E-state index contributed by atoms with van der Waals surface area (Å²) in [5, 5.41) is 0. The Balaban J connectivity index is 1.21. The van der Waals surface area contributed by atoms with Crippen molar-refractivity contribution in [3.05, 3.63) is 41.7 Å². The number of aryl methyl sites for hydroxylation is 2. The summed E-state index contributed by atoms with van der Waals surface area (Å²) in [5.41, 5.74) is 1.19. The van der Waals surface area contributed by atoms with Gasteiger partial charge in [-0.1, -0.05) is 18.2 Å². The molecule has 3 aliphatic rings. The molecule has 1 amide bonds. The van der Waals surface area contributed by atoms with Gasteiger partial charge in [0.25, 0.3) is 5.91 Å². The maximum absolute atomic E-state index is 13.1. The zero-order chi connectivity index (χ0) is 22.1. The third kappa shape index (κ3) is 4.37. The van der Waals surface area contributed by atoms with Crippen LogP contribution in [0.4, 0.5) is 11.6 Å². The van der Waals surface area contributed by atoms with Crippen LogP contribution in [-0.4, -0.2) is 91.2 Å². The van der Waals surface area contributed by atoms with E-state index in [1.165, 1.54) is 5.56 Å². The van der Waals surface area contributed by atoms with E-state index < -0.39 is 0 Å². The van der Waals surface area contributed by atoms with E-state index in [4.69, 9.17) is 9.72 Å². The van der Waals surface area contributed by atoms with Gasteiger partial charge in [-0.05, 0) is 38.4 Å². The molecule has 0 saturated carbocycles. The first-order chi connectivity index (χ1) is 15.6. The Morgan fingerprint density at radius 2 is 1.56 bits per heavy atom. The van der Waals surface area contributed by atoms with Crippen molar-refractivity contribution in [3.8, 4) is 5.75 Å². The highest BCUT2D eigenvalue weighted by Crippen LogP contribution is 2.28. The van der Waals surface area contributed by atoms with Crippen LogP contribution in [-0.2, 0) is 11.2 Å². The van der Waals surface area contributed by atoms with Gasteiger partial charge in [0.15, 0.2) is 6.10 Å². The zero-order valence-corrected chi connectivity index (χ0v) is 19.0. The van der Waals surface area contributed by atoms with Gasteiger partial charge >= 0.3 is 0 Å². The van der Waals surface area contributed by atoms with Gasteiger partial charge in [-0.3, -0.25) is 4.79 Å². The SMILES string of the molecule is Cc1nc(N2CCN(C)CC2)cc(N2CCN(C(=O)C3CCc4ccccc4O3)CC2)n1. The van der Waals surface area contributed by atoms with Gasteiger partial charge in [-0.25, -0.2) is 9.97 Å². The maximum atomic E-state index is 13.1. The number of aromatic nitrogens is 2. The minimum absolute atomic E-state index is 0.108. The largest absolute Gasteiger partial charge is 0.480 e. The quantitative estimate of drug-likeness (QED) is 0.724. The molecule has 1 unspecified atom stereocenters. The Hall–Kier alpha value is -2.87. The average Bonchev–Trinajstić information content (AvgIpc) is 2.83. The molecule has 8 heteroatoms. The molecule has 1 aromatic carbocycles. The van der Waals surface area contributed by atoms with Gasteiger partial charge < -0.3 is 24.3 Å². The molecule has 5 rings (SSSR count). The monoisotopic (exact) mass is 436 g/mol. The fourth-order valence-corrected chi connectivity index (χ4v) is 4.75. The fourth-order valence-electron chi connectivity index (χ4n) is 4.75. The number of para-hydroxylation sites is 1. The molecule has 8 nitrogen and oxygen atoms in total. The average molecular weight is 437 g/mol. The maximum Gasteiger partial charge on any atom is 0.263 e. The van der Waals surface area contributed by atoms with Crippen molar-refractivity contribution >= 4 is 17.5 Å². The van der Waals surface area contributed by atoms with Crippen LogP contribution in [0.2, 0.25) is 0 Å². The lowest BCUT2D eigenvalue weighted by Crippen LogP contribution is -2.53. The molecular formula is C24H32N6O2. The molecule has 2 fully saturated rings. The molecule has 0 spiro atoms. The molecule has 0 bridgehead atoms. The lowest BCUT2D eigenvalue weighted by molar-refractivity contribution is -0.139. The molecule has 0 radical (unpaired) electrons. The number of anilines is 2. The third-order valence-corrected chi connectivity index (χ3v) is 6.75. The fraction of sp³-hybridized carbons (Fsp3) is 0.542. The molecule has 2 saturated heterocycles. The summed E-state index contributed by atoms with van der Waals surface area (Å²) in [4.78, 5) is 31.4.